The van der Waals surface area contributed by atoms with Crippen molar-refractivity contribution in [2.24, 2.45) is 0 Å². The van der Waals surface area contributed by atoms with Crippen molar-refractivity contribution in [2.45, 2.75) is 201 Å². The van der Waals surface area contributed by atoms with Crippen LogP contribution in [0.4, 0.5) is 0 Å². The topological polar surface area (TPSA) is 20.2 Å². The number of rotatable bonds is 27. The highest BCUT2D eigenvalue weighted by atomic mass is 16.2. The summed E-state index contributed by atoms with van der Waals surface area (Å²) in [6, 6.07) is 0. The first-order valence-corrected chi connectivity index (χ1v) is 15.9. The Morgan fingerprint density at radius 3 is 0.545 bits per heavy atom. The number of unbranched alkanes of at least 4 members (excludes halogenated alkanes) is 26. The lowest BCUT2D eigenvalue weighted by molar-refractivity contribution is 0.282. The molecule has 0 saturated heterocycles. The van der Waals surface area contributed by atoms with Gasteiger partial charge in [0.1, 0.15) is 0 Å². The Balaban J connectivity index is 0. The summed E-state index contributed by atoms with van der Waals surface area (Å²) >= 11 is 0. The molecule has 0 aliphatic rings. The maximum absolute atomic E-state index is 8.67. The summed E-state index contributed by atoms with van der Waals surface area (Å²) in [5.74, 6) is 0. The van der Waals surface area contributed by atoms with Crippen molar-refractivity contribution in [1.82, 2.24) is 0 Å². The van der Waals surface area contributed by atoms with Crippen LogP contribution in [0.25, 0.3) is 0 Å². The summed E-state index contributed by atoms with van der Waals surface area (Å²) < 4.78 is 0. The van der Waals surface area contributed by atoms with Gasteiger partial charge in [-0.05, 0) is 6.42 Å². The van der Waals surface area contributed by atoms with Gasteiger partial charge in [-0.15, -0.1) is 0 Å². The molecule has 0 spiro atoms. The van der Waals surface area contributed by atoms with Crippen molar-refractivity contribution in [1.29, 1.82) is 0 Å². The third-order valence-corrected chi connectivity index (χ3v) is 6.97. The van der Waals surface area contributed by atoms with E-state index in [9.17, 15) is 0 Å². The molecule has 1 heteroatoms. The van der Waals surface area contributed by atoms with E-state index in [1.54, 1.807) is 0 Å². The Morgan fingerprint density at radius 2 is 0.394 bits per heavy atom. The number of aliphatic hydroxyl groups excluding tert-OH is 1. The van der Waals surface area contributed by atoms with Gasteiger partial charge in [-0.2, -0.15) is 0 Å². The van der Waals surface area contributed by atoms with Gasteiger partial charge in [0.15, 0.2) is 0 Å². The molecule has 0 heterocycles. The summed E-state index contributed by atoms with van der Waals surface area (Å²) in [5, 5.41) is 8.67. The second-order valence-corrected chi connectivity index (χ2v) is 10.6. The maximum atomic E-state index is 8.67. The smallest absolute Gasteiger partial charge is 0.0431 e. The second-order valence-electron chi connectivity index (χ2n) is 10.6. The molecule has 33 heavy (non-hydrogen) atoms. The van der Waals surface area contributed by atoms with E-state index in [2.05, 4.69) is 20.8 Å². The van der Waals surface area contributed by atoms with E-state index >= 15 is 0 Å². The molecule has 0 aromatic rings. The van der Waals surface area contributed by atoms with Gasteiger partial charge in [0.05, 0.1) is 0 Å². The van der Waals surface area contributed by atoms with Crippen LogP contribution in [0.1, 0.15) is 201 Å². The molecule has 0 aromatic heterocycles. The van der Waals surface area contributed by atoms with Gasteiger partial charge >= 0.3 is 0 Å². The standard InChI is InChI=1S/C18H38O.C14H30/c1-2-3-4-5-6-7-8-9-10-11-12-13-14-15-16-17-18-19;1-3-5-7-9-11-13-14-12-10-8-6-4-2/h19H,2-18H2,1H3;3-14H2,1-2H3. The fourth-order valence-corrected chi connectivity index (χ4v) is 4.57. The first kappa shape index (κ1) is 35.1. The Bertz CT molecular complexity index is 260. The first-order valence-electron chi connectivity index (χ1n) is 15.9. The normalized spacial score (nSPS) is 10.9. The van der Waals surface area contributed by atoms with Gasteiger partial charge in [-0.3, -0.25) is 0 Å². The quantitative estimate of drug-likeness (QED) is 0.119. The first-order chi connectivity index (χ1) is 16.3. The van der Waals surface area contributed by atoms with Crippen molar-refractivity contribution in [3.8, 4) is 0 Å². The van der Waals surface area contributed by atoms with E-state index < -0.39 is 0 Å². The zero-order chi connectivity index (χ0) is 24.5. The van der Waals surface area contributed by atoms with Crippen molar-refractivity contribution >= 4 is 0 Å². The van der Waals surface area contributed by atoms with Gasteiger partial charge in [-0.25, -0.2) is 0 Å². The van der Waals surface area contributed by atoms with Gasteiger partial charge in [0.25, 0.3) is 0 Å². The number of aliphatic hydroxyl groups is 1. The monoisotopic (exact) mass is 469 g/mol. The van der Waals surface area contributed by atoms with Gasteiger partial charge < -0.3 is 5.11 Å². The zero-order valence-corrected chi connectivity index (χ0v) is 24.0. The van der Waals surface area contributed by atoms with E-state index in [0.29, 0.717) is 6.61 Å². The minimum atomic E-state index is 0.373. The molecule has 1 nitrogen and oxygen atoms in total. The van der Waals surface area contributed by atoms with Crippen molar-refractivity contribution in [3.05, 3.63) is 0 Å². The lowest BCUT2D eigenvalue weighted by Crippen LogP contribution is -1.85. The Hall–Kier alpha value is -0.0400. The second kappa shape index (κ2) is 36.5. The molecule has 0 radical (unpaired) electrons. The highest BCUT2D eigenvalue weighted by molar-refractivity contribution is 4.50. The molecule has 0 rings (SSSR count). The van der Waals surface area contributed by atoms with Crippen LogP contribution in [0, 0.1) is 0 Å². The number of hydrogen-bond donors (Lipinski definition) is 1. The highest BCUT2D eigenvalue weighted by Crippen LogP contribution is 2.14. The maximum Gasteiger partial charge on any atom is 0.0431 e. The Kier molecular flexibility index (Phi) is 38.9. The molecular formula is C32H68O. The van der Waals surface area contributed by atoms with Gasteiger partial charge in [0.2, 0.25) is 0 Å². The predicted molar refractivity (Wildman–Crippen MR) is 153 cm³/mol. The van der Waals surface area contributed by atoms with E-state index in [1.165, 1.54) is 173 Å². The minimum Gasteiger partial charge on any atom is -0.396 e. The summed E-state index contributed by atoms with van der Waals surface area (Å²) in [5.41, 5.74) is 0. The molecule has 0 bridgehead atoms. The summed E-state index contributed by atoms with van der Waals surface area (Å²) in [6.07, 6.45) is 39.6. The molecular weight excluding hydrogens is 400 g/mol. The third-order valence-electron chi connectivity index (χ3n) is 6.97. The van der Waals surface area contributed by atoms with Gasteiger partial charge in [0, 0.05) is 6.61 Å². The SMILES string of the molecule is CCCCCCCCCCCCCC.CCCCCCCCCCCCCCCCCCO. The van der Waals surface area contributed by atoms with Crippen LogP contribution in [0.2, 0.25) is 0 Å². The van der Waals surface area contributed by atoms with Crippen LogP contribution < -0.4 is 0 Å². The van der Waals surface area contributed by atoms with Crippen LogP contribution in [-0.4, -0.2) is 11.7 Å². The molecule has 1 N–H and O–H groups in total. The lowest BCUT2D eigenvalue weighted by Gasteiger charge is -2.03. The van der Waals surface area contributed by atoms with E-state index in [1.807, 2.05) is 0 Å². The summed E-state index contributed by atoms with van der Waals surface area (Å²) in [6.45, 7) is 7.23. The van der Waals surface area contributed by atoms with Crippen molar-refractivity contribution < 1.29 is 5.11 Å². The summed E-state index contributed by atoms with van der Waals surface area (Å²) in [4.78, 5) is 0. The Labute approximate surface area is 212 Å². The minimum absolute atomic E-state index is 0.373. The lowest BCUT2D eigenvalue weighted by atomic mass is 10.0. The van der Waals surface area contributed by atoms with Crippen LogP contribution in [0.3, 0.4) is 0 Å². The van der Waals surface area contributed by atoms with Crippen LogP contribution in [0.5, 0.6) is 0 Å². The fraction of sp³-hybridized carbons (Fsp3) is 1.00. The van der Waals surface area contributed by atoms with E-state index in [4.69, 9.17) is 5.11 Å². The molecule has 0 saturated carbocycles. The number of hydrogen-bond acceptors (Lipinski definition) is 1. The molecule has 0 atom stereocenters. The van der Waals surface area contributed by atoms with Gasteiger partial charge in [-0.1, -0.05) is 194 Å². The van der Waals surface area contributed by atoms with Crippen molar-refractivity contribution in [2.75, 3.05) is 6.61 Å². The molecule has 0 fully saturated rings. The predicted octanol–water partition coefficient (Wildman–Crippen LogP) is 11.9. The van der Waals surface area contributed by atoms with E-state index in [-0.39, 0.29) is 0 Å². The largest absolute Gasteiger partial charge is 0.396 e. The average molecular weight is 469 g/mol. The average Bonchev–Trinajstić information content (AvgIpc) is 2.83. The molecule has 202 valence electrons. The molecule has 0 aliphatic heterocycles. The van der Waals surface area contributed by atoms with E-state index in [0.717, 1.165) is 6.42 Å². The molecule has 0 unspecified atom stereocenters. The van der Waals surface area contributed by atoms with Crippen LogP contribution in [-0.2, 0) is 0 Å². The molecule has 0 aliphatic carbocycles. The van der Waals surface area contributed by atoms with Crippen molar-refractivity contribution in [3.63, 3.8) is 0 Å². The molecule has 0 amide bonds. The fourth-order valence-electron chi connectivity index (χ4n) is 4.57. The highest BCUT2D eigenvalue weighted by Gasteiger charge is 1.94. The van der Waals surface area contributed by atoms with Crippen LogP contribution >= 0.6 is 0 Å². The van der Waals surface area contributed by atoms with Crippen LogP contribution in [0.15, 0.2) is 0 Å². The Morgan fingerprint density at radius 1 is 0.242 bits per heavy atom. The molecule has 0 aromatic carbocycles. The summed E-state index contributed by atoms with van der Waals surface area (Å²) in [7, 11) is 0. The zero-order valence-electron chi connectivity index (χ0n) is 24.0. The third kappa shape index (κ3) is 39.5.